The van der Waals surface area contributed by atoms with Gasteiger partial charge in [0.25, 0.3) is 0 Å². The molecule has 0 amide bonds. The fraction of sp³-hybridized carbons (Fsp3) is 0.750. The van der Waals surface area contributed by atoms with Crippen LogP contribution in [-0.4, -0.2) is 30.8 Å². The first kappa shape index (κ1) is 4.59. The number of ether oxygens (including phenoxy) is 1. The quantitative estimate of drug-likeness (QED) is 0.479. The number of aliphatic hydroxyl groups is 1. The van der Waals surface area contributed by atoms with Crippen molar-refractivity contribution in [1.82, 2.24) is 0 Å². The van der Waals surface area contributed by atoms with Crippen molar-refractivity contribution in [3.05, 3.63) is 0 Å². The predicted molar refractivity (Wildman–Crippen MR) is 25.3 cm³/mol. The van der Waals surface area contributed by atoms with Crippen LogP contribution in [0.2, 0.25) is 0 Å². The first-order valence-corrected chi connectivity index (χ1v) is 2.18. The monoisotopic (exact) mass is 101 g/mol. The summed E-state index contributed by atoms with van der Waals surface area (Å²) in [5.74, 6) is 0. The smallest absolute Gasteiger partial charge is 0.170 e. The van der Waals surface area contributed by atoms with Gasteiger partial charge in [0, 0.05) is 0 Å². The summed E-state index contributed by atoms with van der Waals surface area (Å²) in [5.41, 5.74) is 0. The minimum absolute atomic E-state index is 0.0694. The first-order chi connectivity index (χ1) is 3.43. The van der Waals surface area contributed by atoms with E-state index >= 15 is 0 Å². The zero-order valence-electron chi connectivity index (χ0n) is 3.87. The molecule has 1 N–H and O–H groups in total. The average molecular weight is 101 g/mol. The van der Waals surface area contributed by atoms with E-state index in [4.69, 9.17) is 9.84 Å². The van der Waals surface area contributed by atoms with Crippen LogP contribution in [-0.2, 0) is 4.74 Å². The molecular formula is C4H7NO2. The molecule has 0 radical (unpaired) electrons. The number of hydrogen-bond acceptors (Lipinski definition) is 3. The summed E-state index contributed by atoms with van der Waals surface area (Å²) in [6, 6.07) is 0. The molecular weight excluding hydrogens is 94.0 g/mol. The zero-order valence-corrected chi connectivity index (χ0v) is 3.87. The van der Waals surface area contributed by atoms with E-state index in [9.17, 15) is 0 Å². The highest BCUT2D eigenvalue weighted by atomic mass is 16.5. The molecule has 0 saturated carbocycles. The lowest BCUT2D eigenvalue weighted by Gasteiger charge is -2.00. The van der Waals surface area contributed by atoms with Crippen LogP contribution in [0.4, 0.5) is 0 Å². The van der Waals surface area contributed by atoms with Crippen molar-refractivity contribution in [1.29, 1.82) is 0 Å². The molecule has 0 aromatic heterocycles. The maximum Gasteiger partial charge on any atom is 0.170 e. The number of hydrogen-bond donors (Lipinski definition) is 1. The van der Waals surface area contributed by atoms with Crippen molar-refractivity contribution >= 4 is 6.40 Å². The molecule has 1 heterocycles. The van der Waals surface area contributed by atoms with Crippen LogP contribution in [0.25, 0.3) is 0 Å². The molecule has 0 bridgehead atoms. The van der Waals surface area contributed by atoms with Crippen LogP contribution in [0.5, 0.6) is 0 Å². The summed E-state index contributed by atoms with van der Waals surface area (Å²) in [4.78, 5) is 3.73. The highest BCUT2D eigenvalue weighted by Gasteiger charge is 2.08. The van der Waals surface area contributed by atoms with Gasteiger partial charge in [-0.05, 0) is 0 Å². The number of nitrogens with zero attached hydrogens (tertiary/aromatic N) is 1. The summed E-state index contributed by atoms with van der Waals surface area (Å²) in [6.07, 6.45) is 1.31. The maximum atomic E-state index is 8.36. The van der Waals surface area contributed by atoms with Crippen LogP contribution in [0, 0.1) is 0 Å². The molecule has 0 aliphatic carbocycles. The molecule has 0 spiro atoms. The van der Waals surface area contributed by atoms with E-state index in [1.54, 1.807) is 0 Å². The van der Waals surface area contributed by atoms with Gasteiger partial charge in [0.15, 0.2) is 6.40 Å². The lowest BCUT2D eigenvalue weighted by molar-refractivity contribution is 0.134. The van der Waals surface area contributed by atoms with Crippen LogP contribution >= 0.6 is 0 Å². The average Bonchev–Trinajstić information content (AvgIpc) is 2.14. The Balaban J connectivity index is 2.22. The Bertz CT molecular complexity index is 73.8. The second-order valence-electron chi connectivity index (χ2n) is 1.41. The summed E-state index contributed by atoms with van der Waals surface area (Å²) < 4.78 is 4.76. The number of aliphatic hydroxyl groups excluding tert-OH is 1. The number of aliphatic imine (C=N–C) groups is 1. The maximum absolute atomic E-state index is 8.36. The molecule has 1 aliphatic heterocycles. The van der Waals surface area contributed by atoms with Crippen molar-refractivity contribution < 1.29 is 9.84 Å². The SMILES string of the molecule is OC[C@H]1CN=CO1. The van der Waals surface area contributed by atoms with E-state index in [1.807, 2.05) is 0 Å². The highest BCUT2D eigenvalue weighted by molar-refractivity contribution is 5.48. The molecule has 0 fully saturated rings. The van der Waals surface area contributed by atoms with Crippen molar-refractivity contribution in [3.8, 4) is 0 Å². The summed E-state index contributed by atoms with van der Waals surface area (Å²) >= 11 is 0. The predicted octanol–water partition coefficient (Wildman–Crippen LogP) is -0.594. The van der Waals surface area contributed by atoms with Crippen LogP contribution in [0.1, 0.15) is 0 Å². The Morgan fingerprint density at radius 3 is 3.14 bits per heavy atom. The van der Waals surface area contributed by atoms with E-state index in [0.717, 1.165) is 0 Å². The van der Waals surface area contributed by atoms with Gasteiger partial charge in [-0.1, -0.05) is 0 Å². The Morgan fingerprint density at radius 1 is 2.00 bits per heavy atom. The largest absolute Gasteiger partial charge is 0.476 e. The Kier molecular flexibility index (Phi) is 1.26. The number of rotatable bonds is 1. The van der Waals surface area contributed by atoms with E-state index in [1.165, 1.54) is 6.40 Å². The van der Waals surface area contributed by atoms with Gasteiger partial charge in [-0.3, -0.25) is 4.99 Å². The molecule has 1 aliphatic rings. The van der Waals surface area contributed by atoms with Gasteiger partial charge in [-0.25, -0.2) is 0 Å². The third-order valence-corrected chi connectivity index (χ3v) is 0.841. The lowest BCUT2D eigenvalue weighted by atomic mass is 10.4. The molecule has 40 valence electrons. The Labute approximate surface area is 41.6 Å². The van der Waals surface area contributed by atoms with E-state index in [0.29, 0.717) is 6.54 Å². The minimum atomic E-state index is -0.0694. The normalized spacial score (nSPS) is 27.9. The van der Waals surface area contributed by atoms with Crippen molar-refractivity contribution in [2.24, 2.45) is 4.99 Å². The molecule has 7 heavy (non-hydrogen) atoms. The second-order valence-corrected chi connectivity index (χ2v) is 1.41. The van der Waals surface area contributed by atoms with Gasteiger partial charge in [0.2, 0.25) is 0 Å². The van der Waals surface area contributed by atoms with Gasteiger partial charge < -0.3 is 9.84 Å². The molecule has 0 saturated heterocycles. The first-order valence-electron chi connectivity index (χ1n) is 2.18. The highest BCUT2D eigenvalue weighted by Crippen LogP contribution is 1.94. The minimum Gasteiger partial charge on any atom is -0.476 e. The van der Waals surface area contributed by atoms with E-state index < -0.39 is 0 Å². The van der Waals surface area contributed by atoms with Crippen LogP contribution in [0.15, 0.2) is 4.99 Å². The summed E-state index contributed by atoms with van der Waals surface area (Å²) in [5, 5.41) is 8.36. The summed E-state index contributed by atoms with van der Waals surface area (Å²) in [7, 11) is 0. The second kappa shape index (κ2) is 1.93. The Hall–Kier alpha value is -0.570. The molecule has 3 heteroatoms. The van der Waals surface area contributed by atoms with E-state index in [2.05, 4.69) is 4.99 Å². The summed E-state index contributed by atoms with van der Waals surface area (Å²) in [6.45, 7) is 0.677. The van der Waals surface area contributed by atoms with Crippen LogP contribution < -0.4 is 0 Å². The third kappa shape index (κ3) is 0.899. The fourth-order valence-corrected chi connectivity index (χ4v) is 0.434. The van der Waals surface area contributed by atoms with Gasteiger partial charge >= 0.3 is 0 Å². The van der Waals surface area contributed by atoms with Crippen molar-refractivity contribution in [3.63, 3.8) is 0 Å². The molecule has 1 rings (SSSR count). The molecule has 0 aromatic rings. The van der Waals surface area contributed by atoms with E-state index in [-0.39, 0.29) is 12.7 Å². The van der Waals surface area contributed by atoms with Crippen molar-refractivity contribution in [2.45, 2.75) is 6.10 Å². The molecule has 0 unspecified atom stereocenters. The molecule has 0 aromatic carbocycles. The van der Waals surface area contributed by atoms with Gasteiger partial charge in [-0.2, -0.15) is 0 Å². The van der Waals surface area contributed by atoms with Crippen LogP contribution in [0.3, 0.4) is 0 Å². The zero-order chi connectivity index (χ0) is 5.11. The Morgan fingerprint density at radius 2 is 2.86 bits per heavy atom. The fourth-order valence-electron chi connectivity index (χ4n) is 0.434. The lowest BCUT2D eigenvalue weighted by Crippen LogP contribution is -2.14. The topological polar surface area (TPSA) is 41.8 Å². The molecule has 1 atom stereocenters. The van der Waals surface area contributed by atoms with Gasteiger partial charge in [0.1, 0.15) is 6.10 Å². The third-order valence-electron chi connectivity index (χ3n) is 0.841. The van der Waals surface area contributed by atoms with Gasteiger partial charge in [0.05, 0.1) is 13.2 Å². The molecule has 3 nitrogen and oxygen atoms in total. The van der Waals surface area contributed by atoms with Crippen molar-refractivity contribution in [2.75, 3.05) is 13.2 Å². The van der Waals surface area contributed by atoms with Gasteiger partial charge in [-0.15, -0.1) is 0 Å². The standard InChI is InChI=1S/C4H7NO2/c6-2-4-1-5-3-7-4/h3-4,6H,1-2H2/t4-/m1/s1.